The number of aromatic nitrogens is 2. The number of nitriles is 1. The summed E-state index contributed by atoms with van der Waals surface area (Å²) in [6.45, 7) is 1.30. The van der Waals surface area contributed by atoms with Crippen LogP contribution in [0.1, 0.15) is 43.6 Å². The summed E-state index contributed by atoms with van der Waals surface area (Å²) in [5, 5.41) is 12.7. The smallest absolute Gasteiger partial charge is 0.236 e. The molecule has 134 valence electrons. The third-order valence-electron chi connectivity index (χ3n) is 5.20. The third kappa shape index (κ3) is 3.27. The molecule has 2 N–H and O–H groups in total. The molecule has 1 saturated heterocycles. The zero-order chi connectivity index (χ0) is 18.1. The molecule has 1 aliphatic heterocycles. The van der Waals surface area contributed by atoms with E-state index in [1.807, 2.05) is 24.4 Å². The average Bonchev–Trinajstić information content (AvgIpc) is 3.40. The Morgan fingerprint density at radius 2 is 2.23 bits per heavy atom. The van der Waals surface area contributed by atoms with E-state index >= 15 is 0 Å². The zero-order valence-electron chi connectivity index (χ0n) is 14.5. The second-order valence-corrected chi connectivity index (χ2v) is 7.11. The molecular formula is C19H21N5O2. The topological polar surface area (TPSA) is 102 Å². The lowest BCUT2D eigenvalue weighted by Crippen LogP contribution is -2.38. The summed E-state index contributed by atoms with van der Waals surface area (Å²) in [6.07, 6.45) is 5.53. The molecule has 0 aromatic carbocycles. The van der Waals surface area contributed by atoms with E-state index in [1.54, 1.807) is 4.90 Å². The summed E-state index contributed by atoms with van der Waals surface area (Å²) < 4.78 is 0. The maximum absolute atomic E-state index is 12.1. The Labute approximate surface area is 151 Å². The van der Waals surface area contributed by atoms with Crippen LogP contribution in [0.2, 0.25) is 0 Å². The molecule has 2 aromatic rings. The van der Waals surface area contributed by atoms with E-state index in [4.69, 9.17) is 5.26 Å². The lowest BCUT2D eigenvalue weighted by atomic mass is 9.89. The Bertz CT molecular complexity index is 893. The summed E-state index contributed by atoms with van der Waals surface area (Å²) in [5.41, 5.74) is 1.84. The first kappa shape index (κ1) is 16.6. The van der Waals surface area contributed by atoms with Gasteiger partial charge in [-0.1, -0.05) is 0 Å². The van der Waals surface area contributed by atoms with Crippen LogP contribution in [0.25, 0.3) is 11.0 Å². The van der Waals surface area contributed by atoms with Crippen LogP contribution in [0.15, 0.2) is 18.3 Å². The number of amides is 2. The van der Waals surface area contributed by atoms with E-state index in [0.717, 1.165) is 42.3 Å². The van der Waals surface area contributed by atoms with Gasteiger partial charge in [-0.2, -0.15) is 5.26 Å². The highest BCUT2D eigenvalue weighted by atomic mass is 16.2. The minimum atomic E-state index is -0.112. The van der Waals surface area contributed by atoms with Crippen molar-refractivity contribution in [3.63, 3.8) is 0 Å². The minimum Gasteiger partial charge on any atom is -0.346 e. The van der Waals surface area contributed by atoms with Crippen molar-refractivity contribution in [2.24, 2.45) is 5.92 Å². The molecule has 2 aliphatic rings. The molecule has 0 spiro atoms. The van der Waals surface area contributed by atoms with Crippen LogP contribution in [0.4, 0.5) is 5.82 Å². The van der Waals surface area contributed by atoms with Crippen LogP contribution in [0.3, 0.4) is 0 Å². The van der Waals surface area contributed by atoms with Gasteiger partial charge >= 0.3 is 0 Å². The maximum atomic E-state index is 12.1. The number of hydrogen-bond donors (Lipinski definition) is 2. The Morgan fingerprint density at radius 1 is 1.38 bits per heavy atom. The second-order valence-electron chi connectivity index (χ2n) is 7.11. The van der Waals surface area contributed by atoms with E-state index in [9.17, 15) is 9.59 Å². The number of carbonyl (C=O) groups excluding carboxylic acids is 2. The number of piperidine rings is 1. The zero-order valence-corrected chi connectivity index (χ0v) is 14.5. The van der Waals surface area contributed by atoms with Gasteiger partial charge in [0.1, 0.15) is 17.9 Å². The van der Waals surface area contributed by atoms with Crippen LogP contribution in [-0.4, -0.2) is 39.8 Å². The number of H-pyrrole nitrogens is 1. The molecule has 1 atom stereocenters. The highest BCUT2D eigenvalue weighted by Crippen LogP contribution is 2.34. The fourth-order valence-corrected chi connectivity index (χ4v) is 3.68. The van der Waals surface area contributed by atoms with Crippen LogP contribution < -0.4 is 5.32 Å². The first-order valence-corrected chi connectivity index (χ1v) is 9.09. The third-order valence-corrected chi connectivity index (χ3v) is 5.20. The molecule has 1 unspecified atom stereocenters. The van der Waals surface area contributed by atoms with Gasteiger partial charge in [0.25, 0.3) is 0 Å². The van der Waals surface area contributed by atoms with Gasteiger partial charge in [-0.25, -0.2) is 4.98 Å². The van der Waals surface area contributed by atoms with E-state index in [1.165, 1.54) is 0 Å². The van der Waals surface area contributed by atoms with Crippen molar-refractivity contribution in [3.8, 4) is 6.07 Å². The minimum absolute atomic E-state index is 0.0313. The molecule has 7 nitrogen and oxygen atoms in total. The van der Waals surface area contributed by atoms with Crippen LogP contribution in [0, 0.1) is 17.2 Å². The summed E-state index contributed by atoms with van der Waals surface area (Å²) in [6, 6.07) is 5.87. The van der Waals surface area contributed by atoms with E-state index in [-0.39, 0.29) is 30.1 Å². The summed E-state index contributed by atoms with van der Waals surface area (Å²) in [7, 11) is 0. The number of nitrogens with zero attached hydrogens (tertiary/aromatic N) is 3. The van der Waals surface area contributed by atoms with Crippen molar-refractivity contribution in [3.05, 3.63) is 23.9 Å². The van der Waals surface area contributed by atoms with Crippen LogP contribution in [-0.2, 0) is 9.59 Å². The van der Waals surface area contributed by atoms with E-state index in [0.29, 0.717) is 18.9 Å². The van der Waals surface area contributed by atoms with Crippen molar-refractivity contribution in [1.82, 2.24) is 14.9 Å². The summed E-state index contributed by atoms with van der Waals surface area (Å²) >= 11 is 0. The van der Waals surface area contributed by atoms with E-state index < -0.39 is 0 Å². The fourth-order valence-electron chi connectivity index (χ4n) is 3.68. The molecule has 0 radical (unpaired) electrons. The van der Waals surface area contributed by atoms with Gasteiger partial charge in [0.05, 0.1) is 6.07 Å². The first-order chi connectivity index (χ1) is 12.7. The van der Waals surface area contributed by atoms with Crippen molar-refractivity contribution in [2.45, 2.75) is 38.0 Å². The number of anilines is 1. The Kier molecular flexibility index (Phi) is 4.33. The summed E-state index contributed by atoms with van der Waals surface area (Å²) in [4.78, 5) is 33.6. The molecule has 26 heavy (non-hydrogen) atoms. The molecule has 2 amide bonds. The van der Waals surface area contributed by atoms with Gasteiger partial charge in [-0.3, -0.25) is 9.59 Å². The molecular weight excluding hydrogens is 330 g/mol. The molecule has 1 saturated carbocycles. The summed E-state index contributed by atoms with van der Waals surface area (Å²) in [5.74, 6) is 0.771. The first-order valence-electron chi connectivity index (χ1n) is 9.09. The highest BCUT2D eigenvalue weighted by molar-refractivity contribution is 5.94. The molecule has 1 aliphatic carbocycles. The van der Waals surface area contributed by atoms with Crippen molar-refractivity contribution < 1.29 is 9.59 Å². The number of hydrogen-bond acceptors (Lipinski definition) is 4. The van der Waals surface area contributed by atoms with Crippen molar-refractivity contribution in [2.75, 3.05) is 18.4 Å². The normalized spacial score (nSPS) is 20.0. The number of carbonyl (C=O) groups is 2. The predicted molar refractivity (Wildman–Crippen MR) is 96.2 cm³/mol. The number of aromatic amines is 1. The average molecular weight is 351 g/mol. The number of likely N-dealkylation sites (tertiary alicyclic amines) is 1. The lowest BCUT2D eigenvalue weighted by molar-refractivity contribution is -0.131. The molecule has 2 fully saturated rings. The van der Waals surface area contributed by atoms with Crippen LogP contribution in [0.5, 0.6) is 0 Å². The van der Waals surface area contributed by atoms with Gasteiger partial charge < -0.3 is 15.2 Å². The van der Waals surface area contributed by atoms with Crippen molar-refractivity contribution >= 4 is 28.7 Å². The number of pyridine rings is 1. The SMILES string of the molecule is N#CCC(=O)N1CCCC(c2cc(NC(=O)C3CC3)nc3[nH]ccc23)C1. The molecule has 7 heteroatoms. The van der Waals surface area contributed by atoms with Crippen LogP contribution >= 0.6 is 0 Å². The van der Waals surface area contributed by atoms with Gasteiger partial charge in [0.15, 0.2) is 0 Å². The number of fused-ring (bicyclic) bond motifs is 1. The van der Waals surface area contributed by atoms with Gasteiger partial charge in [-0.05, 0) is 43.4 Å². The largest absolute Gasteiger partial charge is 0.346 e. The predicted octanol–water partition coefficient (Wildman–Crippen LogP) is 2.53. The number of nitrogens with one attached hydrogen (secondary N) is 2. The molecule has 2 aromatic heterocycles. The Morgan fingerprint density at radius 3 is 3.00 bits per heavy atom. The number of rotatable bonds is 4. The Balaban J connectivity index is 1.61. The molecule has 0 bridgehead atoms. The Hall–Kier alpha value is -2.88. The van der Waals surface area contributed by atoms with Gasteiger partial charge in [-0.15, -0.1) is 0 Å². The molecule has 3 heterocycles. The quantitative estimate of drug-likeness (QED) is 0.883. The van der Waals surface area contributed by atoms with Gasteiger partial charge in [0.2, 0.25) is 11.8 Å². The van der Waals surface area contributed by atoms with Crippen molar-refractivity contribution in [1.29, 1.82) is 5.26 Å². The fraction of sp³-hybridized carbons (Fsp3) is 0.474. The maximum Gasteiger partial charge on any atom is 0.236 e. The van der Waals surface area contributed by atoms with E-state index in [2.05, 4.69) is 15.3 Å². The standard InChI is InChI=1S/C19H21N5O2/c20-7-5-17(25)24-9-1-2-13(11-24)15-10-16(23-19(26)12-3-4-12)22-18-14(15)6-8-21-18/h6,8,10,12-13H,1-5,9,11H2,(H2,21,22,23,26). The monoisotopic (exact) mass is 351 g/mol. The second kappa shape index (κ2) is 6.79. The molecule has 4 rings (SSSR count). The van der Waals surface area contributed by atoms with Gasteiger partial charge in [0, 0.05) is 36.5 Å². The lowest BCUT2D eigenvalue weighted by Gasteiger charge is -2.33. The highest BCUT2D eigenvalue weighted by Gasteiger charge is 2.31.